The van der Waals surface area contributed by atoms with Crippen LogP contribution in [0.3, 0.4) is 0 Å². The van der Waals surface area contributed by atoms with Crippen molar-refractivity contribution in [3.05, 3.63) is 23.3 Å². The largest absolute Gasteiger partial charge is 0.504 e. The number of carbonyl (C=O) groups is 1. The summed E-state index contributed by atoms with van der Waals surface area (Å²) in [6.07, 6.45) is 2.77. The van der Waals surface area contributed by atoms with Gasteiger partial charge in [0.25, 0.3) is 0 Å². The van der Waals surface area contributed by atoms with Gasteiger partial charge in [-0.15, -0.1) is 0 Å². The SMILES string of the molecule is COC12CCC(=O)[C@]3(C)Oc4c(O)ccc5c4[C@]13CCN[C@@H]2C5. The van der Waals surface area contributed by atoms with Crippen LogP contribution in [0, 0.1) is 0 Å². The molecule has 1 unspecified atom stereocenters. The summed E-state index contributed by atoms with van der Waals surface area (Å²) in [5.41, 5.74) is 0.258. The predicted octanol–water partition coefficient (Wildman–Crippen LogP) is 1.45. The van der Waals surface area contributed by atoms with Crippen molar-refractivity contribution in [1.29, 1.82) is 0 Å². The average molecular weight is 315 g/mol. The number of aromatic hydroxyl groups is 1. The average Bonchev–Trinajstić information content (AvgIpc) is 2.81. The lowest BCUT2D eigenvalue weighted by Gasteiger charge is -2.64. The smallest absolute Gasteiger partial charge is 0.177 e. The van der Waals surface area contributed by atoms with E-state index in [-0.39, 0.29) is 17.6 Å². The van der Waals surface area contributed by atoms with Crippen molar-refractivity contribution in [2.75, 3.05) is 13.7 Å². The molecule has 5 rings (SSSR count). The highest BCUT2D eigenvalue weighted by atomic mass is 16.5. The molecule has 2 bridgehead atoms. The number of hydrogen-bond donors (Lipinski definition) is 2. The summed E-state index contributed by atoms with van der Waals surface area (Å²) in [7, 11) is 1.75. The normalized spacial score (nSPS) is 43.0. The second-order valence-corrected chi connectivity index (χ2v) is 7.47. The van der Waals surface area contributed by atoms with E-state index in [1.807, 2.05) is 13.0 Å². The molecule has 4 aliphatic rings. The quantitative estimate of drug-likeness (QED) is 0.821. The molecule has 5 heteroatoms. The maximum Gasteiger partial charge on any atom is 0.177 e. The Bertz CT molecular complexity index is 747. The molecule has 23 heavy (non-hydrogen) atoms. The van der Waals surface area contributed by atoms with E-state index in [9.17, 15) is 9.90 Å². The number of hydrogen-bond acceptors (Lipinski definition) is 5. The maximum atomic E-state index is 12.9. The van der Waals surface area contributed by atoms with Crippen LogP contribution in [0.2, 0.25) is 0 Å². The summed E-state index contributed by atoms with van der Waals surface area (Å²) in [5, 5.41) is 14.0. The molecule has 122 valence electrons. The third-order valence-electron chi connectivity index (χ3n) is 6.99. The number of ether oxygens (including phenoxy) is 2. The molecule has 0 radical (unpaired) electrons. The molecular formula is C18H21NO4. The Hall–Kier alpha value is -1.59. The number of carbonyl (C=O) groups excluding carboxylic acids is 1. The summed E-state index contributed by atoms with van der Waals surface area (Å²) in [4.78, 5) is 12.9. The van der Waals surface area contributed by atoms with Gasteiger partial charge in [0.1, 0.15) is 0 Å². The molecule has 0 amide bonds. The first-order chi connectivity index (χ1) is 11.0. The predicted molar refractivity (Wildman–Crippen MR) is 82.9 cm³/mol. The molecule has 1 aromatic carbocycles. The second kappa shape index (κ2) is 3.90. The topological polar surface area (TPSA) is 67.8 Å². The van der Waals surface area contributed by atoms with Gasteiger partial charge < -0.3 is 19.9 Å². The molecule has 0 aromatic heterocycles. The lowest BCUT2D eigenvalue weighted by Crippen LogP contribution is -2.80. The van der Waals surface area contributed by atoms with Gasteiger partial charge in [0, 0.05) is 25.1 Å². The van der Waals surface area contributed by atoms with Crippen LogP contribution in [0.25, 0.3) is 0 Å². The molecule has 2 aliphatic carbocycles. The summed E-state index contributed by atoms with van der Waals surface area (Å²) in [5.74, 6) is 0.750. The van der Waals surface area contributed by atoms with E-state index in [2.05, 4.69) is 5.32 Å². The number of methoxy groups -OCH3 is 1. The highest BCUT2D eigenvalue weighted by Crippen LogP contribution is 2.68. The zero-order valence-electron chi connectivity index (χ0n) is 13.4. The van der Waals surface area contributed by atoms with Gasteiger partial charge in [-0.2, -0.15) is 0 Å². The van der Waals surface area contributed by atoms with Crippen molar-refractivity contribution in [2.24, 2.45) is 0 Å². The Morgan fingerprint density at radius 1 is 1.39 bits per heavy atom. The molecule has 1 saturated carbocycles. The zero-order chi connectivity index (χ0) is 16.0. The van der Waals surface area contributed by atoms with Crippen molar-refractivity contribution in [3.63, 3.8) is 0 Å². The molecule has 1 saturated heterocycles. The monoisotopic (exact) mass is 315 g/mol. The number of benzene rings is 1. The molecule has 4 atom stereocenters. The van der Waals surface area contributed by atoms with Crippen LogP contribution in [0.4, 0.5) is 0 Å². The fourth-order valence-electron chi connectivity index (χ4n) is 6.07. The van der Waals surface area contributed by atoms with Gasteiger partial charge in [0.15, 0.2) is 22.9 Å². The van der Waals surface area contributed by atoms with Crippen molar-refractivity contribution < 1.29 is 19.4 Å². The molecule has 2 fully saturated rings. The number of piperidine rings is 1. The van der Waals surface area contributed by atoms with E-state index in [0.29, 0.717) is 18.6 Å². The van der Waals surface area contributed by atoms with Crippen LogP contribution in [0.15, 0.2) is 12.1 Å². The zero-order valence-corrected chi connectivity index (χ0v) is 13.4. The van der Waals surface area contributed by atoms with Crippen LogP contribution in [0.1, 0.15) is 37.3 Å². The highest BCUT2D eigenvalue weighted by Gasteiger charge is 2.77. The first kappa shape index (κ1) is 13.8. The van der Waals surface area contributed by atoms with Gasteiger partial charge in [0.05, 0.1) is 11.0 Å². The fraction of sp³-hybridized carbons (Fsp3) is 0.611. The molecule has 2 heterocycles. The Morgan fingerprint density at radius 2 is 2.22 bits per heavy atom. The minimum atomic E-state index is -0.960. The van der Waals surface area contributed by atoms with E-state index in [1.165, 1.54) is 5.56 Å². The fourth-order valence-corrected chi connectivity index (χ4v) is 6.07. The van der Waals surface area contributed by atoms with Gasteiger partial charge in [-0.25, -0.2) is 0 Å². The molecular weight excluding hydrogens is 294 g/mol. The van der Waals surface area contributed by atoms with Crippen LogP contribution < -0.4 is 10.1 Å². The van der Waals surface area contributed by atoms with Crippen LogP contribution >= 0.6 is 0 Å². The molecule has 1 spiro atoms. The Morgan fingerprint density at radius 3 is 3.00 bits per heavy atom. The van der Waals surface area contributed by atoms with E-state index >= 15 is 0 Å². The van der Waals surface area contributed by atoms with Crippen LogP contribution in [-0.4, -0.2) is 41.8 Å². The standard InChI is InChI=1S/C18H21NO4/c1-16-13(21)5-6-18(22-2)12-9-10-3-4-11(20)15(23-16)14(10)17(16,18)7-8-19-12/h3-4,12,19-20H,5-9H2,1-2H3/t12-,16+,17+,18?/m1/s1. The number of rotatable bonds is 1. The minimum Gasteiger partial charge on any atom is -0.504 e. The number of phenols is 1. The minimum absolute atomic E-state index is 0.120. The summed E-state index contributed by atoms with van der Waals surface area (Å²) in [6.45, 7) is 2.73. The van der Waals surface area contributed by atoms with Gasteiger partial charge in [-0.05, 0) is 44.4 Å². The van der Waals surface area contributed by atoms with Crippen molar-refractivity contribution in [2.45, 2.75) is 55.3 Å². The van der Waals surface area contributed by atoms with Crippen LogP contribution in [-0.2, 0) is 21.4 Å². The Kier molecular flexibility index (Phi) is 2.34. The molecule has 5 nitrogen and oxygen atoms in total. The number of Topliss-reactive ketones (excluding diaryl/α,β-unsaturated/α-hetero) is 1. The highest BCUT2D eigenvalue weighted by molar-refractivity contribution is 5.94. The van der Waals surface area contributed by atoms with Gasteiger partial charge in [-0.3, -0.25) is 4.79 Å². The van der Waals surface area contributed by atoms with Gasteiger partial charge >= 0.3 is 0 Å². The third-order valence-corrected chi connectivity index (χ3v) is 6.99. The third kappa shape index (κ3) is 1.18. The number of nitrogens with one attached hydrogen (secondary N) is 1. The Labute approximate surface area is 135 Å². The van der Waals surface area contributed by atoms with Crippen molar-refractivity contribution in [3.8, 4) is 11.5 Å². The summed E-state index contributed by atoms with van der Waals surface area (Å²) < 4.78 is 12.4. The molecule has 2 N–H and O–H groups in total. The van der Waals surface area contributed by atoms with Crippen LogP contribution in [0.5, 0.6) is 11.5 Å². The van der Waals surface area contributed by atoms with E-state index in [4.69, 9.17) is 9.47 Å². The molecule has 1 aromatic rings. The maximum absolute atomic E-state index is 12.9. The number of ketones is 1. The van der Waals surface area contributed by atoms with E-state index < -0.39 is 16.6 Å². The van der Waals surface area contributed by atoms with Gasteiger partial charge in [-0.1, -0.05) is 6.07 Å². The first-order valence-electron chi connectivity index (χ1n) is 8.36. The van der Waals surface area contributed by atoms with E-state index in [0.717, 1.165) is 24.9 Å². The van der Waals surface area contributed by atoms with Gasteiger partial charge in [0.2, 0.25) is 0 Å². The Balaban J connectivity index is 1.93. The lowest BCUT2D eigenvalue weighted by molar-refractivity contribution is -0.199. The van der Waals surface area contributed by atoms with E-state index in [1.54, 1.807) is 13.2 Å². The molecule has 2 aliphatic heterocycles. The van der Waals surface area contributed by atoms with Crippen molar-refractivity contribution >= 4 is 5.78 Å². The lowest BCUT2D eigenvalue weighted by atomic mass is 9.45. The van der Waals surface area contributed by atoms with Crippen molar-refractivity contribution in [1.82, 2.24) is 5.32 Å². The summed E-state index contributed by atoms with van der Waals surface area (Å²) in [6, 6.07) is 3.83. The summed E-state index contributed by atoms with van der Waals surface area (Å²) >= 11 is 0. The first-order valence-corrected chi connectivity index (χ1v) is 8.36. The second-order valence-electron chi connectivity index (χ2n) is 7.47. The number of phenolic OH excluding ortho intramolecular Hbond substituents is 1.